The van der Waals surface area contributed by atoms with Crippen LogP contribution in [0.4, 0.5) is 0 Å². The van der Waals surface area contributed by atoms with E-state index in [9.17, 15) is 5.11 Å². The van der Waals surface area contributed by atoms with Crippen LogP contribution in [0.3, 0.4) is 0 Å². The Hall–Kier alpha value is -1.37. The molecule has 0 aliphatic carbocycles. The van der Waals surface area contributed by atoms with Crippen molar-refractivity contribution in [1.29, 1.82) is 0 Å². The molecule has 1 heterocycles. The molecular formula is C15H20BrN3O2. The zero-order valence-corrected chi connectivity index (χ0v) is 14.0. The van der Waals surface area contributed by atoms with Gasteiger partial charge >= 0.3 is 0 Å². The van der Waals surface area contributed by atoms with E-state index < -0.39 is 6.10 Å². The maximum absolute atomic E-state index is 10.7. The van der Waals surface area contributed by atoms with E-state index in [0.717, 1.165) is 22.3 Å². The fraction of sp³-hybridized carbons (Fsp3) is 0.400. The summed E-state index contributed by atoms with van der Waals surface area (Å²) in [6.45, 7) is 1.56. The minimum atomic E-state index is -0.791. The summed E-state index contributed by atoms with van der Waals surface area (Å²) in [6.07, 6.45) is 0.920. The number of rotatable bonds is 6. The van der Waals surface area contributed by atoms with Gasteiger partial charge < -0.3 is 14.7 Å². The zero-order valence-electron chi connectivity index (χ0n) is 12.5. The standard InChI is InChI=1S/C15H20BrN3O2/c1-18(2)8-9-19-14(12(16)10-17-19)15(20)11-6-4-5-7-13(11)21-3/h4-7,10,15,20H,8-9H2,1-3H3. The summed E-state index contributed by atoms with van der Waals surface area (Å²) in [5.41, 5.74) is 1.47. The summed E-state index contributed by atoms with van der Waals surface area (Å²) in [6, 6.07) is 7.47. The van der Waals surface area contributed by atoms with E-state index in [2.05, 4.69) is 25.9 Å². The van der Waals surface area contributed by atoms with Gasteiger partial charge in [0.1, 0.15) is 11.9 Å². The number of aliphatic hydroxyl groups is 1. The second-order valence-electron chi connectivity index (χ2n) is 5.05. The van der Waals surface area contributed by atoms with E-state index in [1.165, 1.54) is 0 Å². The molecule has 0 spiro atoms. The number of halogens is 1. The van der Waals surface area contributed by atoms with Crippen molar-refractivity contribution in [3.63, 3.8) is 0 Å². The van der Waals surface area contributed by atoms with Crippen LogP contribution in [0.2, 0.25) is 0 Å². The van der Waals surface area contributed by atoms with Crippen LogP contribution in [0.1, 0.15) is 17.4 Å². The van der Waals surface area contributed by atoms with Crippen LogP contribution in [-0.4, -0.2) is 47.5 Å². The van der Waals surface area contributed by atoms with Crippen LogP contribution in [0.5, 0.6) is 5.75 Å². The lowest BCUT2D eigenvalue weighted by Gasteiger charge is -2.18. The molecule has 0 amide bonds. The second kappa shape index (κ2) is 7.06. The normalized spacial score (nSPS) is 12.7. The molecule has 5 nitrogen and oxygen atoms in total. The van der Waals surface area contributed by atoms with E-state index in [0.29, 0.717) is 12.3 Å². The number of likely N-dealkylation sites (N-methyl/N-ethyl adjacent to an activating group) is 1. The van der Waals surface area contributed by atoms with E-state index >= 15 is 0 Å². The van der Waals surface area contributed by atoms with Gasteiger partial charge in [-0.25, -0.2) is 0 Å². The smallest absolute Gasteiger partial charge is 0.125 e. The van der Waals surface area contributed by atoms with Crippen molar-refractivity contribution in [3.8, 4) is 5.75 Å². The Morgan fingerprint density at radius 1 is 1.38 bits per heavy atom. The lowest BCUT2D eigenvalue weighted by molar-refractivity contribution is 0.200. The fourth-order valence-corrected chi connectivity index (χ4v) is 2.67. The molecule has 1 aromatic heterocycles. The van der Waals surface area contributed by atoms with Crippen molar-refractivity contribution in [2.45, 2.75) is 12.6 Å². The number of para-hydroxylation sites is 1. The monoisotopic (exact) mass is 353 g/mol. The average molecular weight is 354 g/mol. The van der Waals surface area contributed by atoms with Gasteiger partial charge in [-0.2, -0.15) is 5.10 Å². The van der Waals surface area contributed by atoms with Gasteiger partial charge in [-0.3, -0.25) is 4.68 Å². The minimum Gasteiger partial charge on any atom is -0.496 e. The summed E-state index contributed by atoms with van der Waals surface area (Å²) >= 11 is 3.47. The highest BCUT2D eigenvalue weighted by atomic mass is 79.9. The van der Waals surface area contributed by atoms with Crippen LogP contribution in [0.15, 0.2) is 34.9 Å². The topological polar surface area (TPSA) is 50.5 Å². The average Bonchev–Trinajstić information content (AvgIpc) is 2.85. The SMILES string of the molecule is COc1ccccc1C(O)c1c(Br)cnn1CCN(C)C. The first kappa shape index (κ1) is 16.0. The van der Waals surface area contributed by atoms with Crippen LogP contribution in [0.25, 0.3) is 0 Å². The van der Waals surface area contributed by atoms with Crippen molar-refractivity contribution in [2.24, 2.45) is 0 Å². The van der Waals surface area contributed by atoms with E-state index in [1.807, 2.05) is 43.0 Å². The van der Waals surface area contributed by atoms with E-state index in [4.69, 9.17) is 4.74 Å². The largest absolute Gasteiger partial charge is 0.496 e. The Balaban J connectivity index is 2.34. The summed E-state index contributed by atoms with van der Waals surface area (Å²) < 4.78 is 7.94. The summed E-state index contributed by atoms with van der Waals surface area (Å²) in [5.74, 6) is 0.664. The Bertz CT molecular complexity index is 598. The van der Waals surface area contributed by atoms with Crippen molar-refractivity contribution in [1.82, 2.24) is 14.7 Å². The maximum Gasteiger partial charge on any atom is 0.125 e. The number of aliphatic hydroxyl groups excluding tert-OH is 1. The predicted octanol–water partition coefficient (Wildman–Crippen LogP) is 2.30. The number of hydrogen-bond donors (Lipinski definition) is 1. The molecule has 21 heavy (non-hydrogen) atoms. The molecule has 0 saturated carbocycles. The third-order valence-corrected chi connectivity index (χ3v) is 3.90. The lowest BCUT2D eigenvalue weighted by atomic mass is 10.1. The predicted molar refractivity (Wildman–Crippen MR) is 85.5 cm³/mol. The number of benzene rings is 1. The van der Waals surface area contributed by atoms with Crippen molar-refractivity contribution in [2.75, 3.05) is 27.7 Å². The van der Waals surface area contributed by atoms with Gasteiger partial charge in [-0.1, -0.05) is 18.2 Å². The second-order valence-corrected chi connectivity index (χ2v) is 5.90. The molecule has 1 unspecified atom stereocenters. The number of nitrogens with zero attached hydrogens (tertiary/aromatic N) is 3. The number of aromatic nitrogens is 2. The Morgan fingerprint density at radius 2 is 2.10 bits per heavy atom. The van der Waals surface area contributed by atoms with Gasteiger partial charge in [0.05, 0.1) is 30.0 Å². The Morgan fingerprint density at radius 3 is 2.76 bits per heavy atom. The molecule has 0 aliphatic rings. The Labute approximate surface area is 133 Å². The molecule has 1 N–H and O–H groups in total. The van der Waals surface area contributed by atoms with E-state index in [1.54, 1.807) is 13.3 Å². The first-order valence-electron chi connectivity index (χ1n) is 6.71. The summed E-state index contributed by atoms with van der Waals surface area (Å²) in [4.78, 5) is 2.08. The van der Waals surface area contributed by atoms with Gasteiger partial charge in [0.25, 0.3) is 0 Å². The highest BCUT2D eigenvalue weighted by Gasteiger charge is 2.22. The summed E-state index contributed by atoms with van der Waals surface area (Å²) in [7, 11) is 5.62. The van der Waals surface area contributed by atoms with Gasteiger partial charge in [0.2, 0.25) is 0 Å². The molecule has 1 atom stereocenters. The van der Waals surface area contributed by atoms with Gasteiger partial charge in [-0.05, 0) is 36.1 Å². The van der Waals surface area contributed by atoms with Gasteiger partial charge in [-0.15, -0.1) is 0 Å². The molecule has 1 aromatic carbocycles. The Kier molecular flexibility index (Phi) is 5.39. The first-order chi connectivity index (χ1) is 10.0. The van der Waals surface area contributed by atoms with Crippen molar-refractivity contribution >= 4 is 15.9 Å². The number of hydrogen-bond acceptors (Lipinski definition) is 4. The molecule has 0 fully saturated rings. The van der Waals surface area contributed by atoms with Crippen LogP contribution < -0.4 is 4.74 Å². The molecular weight excluding hydrogens is 334 g/mol. The molecule has 0 aliphatic heterocycles. The van der Waals surface area contributed by atoms with Gasteiger partial charge in [0, 0.05) is 12.1 Å². The molecule has 2 rings (SSSR count). The lowest BCUT2D eigenvalue weighted by Crippen LogP contribution is -2.21. The van der Waals surface area contributed by atoms with Crippen molar-refractivity contribution < 1.29 is 9.84 Å². The minimum absolute atomic E-state index is 0.664. The highest BCUT2D eigenvalue weighted by molar-refractivity contribution is 9.10. The molecule has 0 bridgehead atoms. The molecule has 0 radical (unpaired) electrons. The molecule has 6 heteroatoms. The van der Waals surface area contributed by atoms with Crippen LogP contribution in [0, 0.1) is 0 Å². The number of methoxy groups -OCH3 is 1. The van der Waals surface area contributed by atoms with Gasteiger partial charge in [0.15, 0.2) is 0 Å². The van der Waals surface area contributed by atoms with Crippen molar-refractivity contribution in [3.05, 3.63) is 46.2 Å². The molecule has 0 saturated heterocycles. The van der Waals surface area contributed by atoms with Crippen LogP contribution in [-0.2, 0) is 6.54 Å². The fourth-order valence-electron chi connectivity index (χ4n) is 2.16. The molecule has 2 aromatic rings. The third-order valence-electron chi connectivity index (χ3n) is 3.28. The first-order valence-corrected chi connectivity index (χ1v) is 7.50. The quantitative estimate of drug-likeness (QED) is 0.865. The van der Waals surface area contributed by atoms with E-state index in [-0.39, 0.29) is 0 Å². The van der Waals surface area contributed by atoms with Crippen LogP contribution >= 0.6 is 15.9 Å². The highest BCUT2D eigenvalue weighted by Crippen LogP contribution is 2.33. The third kappa shape index (κ3) is 3.64. The maximum atomic E-state index is 10.7. The number of ether oxygens (including phenoxy) is 1. The zero-order chi connectivity index (χ0) is 15.4. The summed E-state index contributed by atoms with van der Waals surface area (Å²) in [5, 5.41) is 15.1. The molecule has 114 valence electrons.